The number of carbonyl (C=O) groups is 1. The number of ether oxygens (including phenoxy) is 1. The highest BCUT2D eigenvalue weighted by Crippen LogP contribution is 2.32. The maximum Gasteiger partial charge on any atom is 0.281 e. The number of nitrogens with zero attached hydrogens (tertiary/aromatic N) is 2. The van der Waals surface area contributed by atoms with Crippen molar-refractivity contribution < 1.29 is 14.4 Å². The number of morpholine rings is 1. The van der Waals surface area contributed by atoms with Gasteiger partial charge < -0.3 is 9.64 Å². The summed E-state index contributed by atoms with van der Waals surface area (Å²) in [5, 5.41) is 0. The van der Waals surface area contributed by atoms with Crippen molar-refractivity contribution in [3.63, 3.8) is 0 Å². The van der Waals surface area contributed by atoms with Crippen LogP contribution < -0.4 is 9.80 Å². The number of para-hydroxylation sites is 1. The second kappa shape index (κ2) is 7.07. The van der Waals surface area contributed by atoms with Gasteiger partial charge in [-0.3, -0.25) is 9.69 Å². The smallest absolute Gasteiger partial charge is 0.281 e. The zero-order valence-corrected chi connectivity index (χ0v) is 15.3. The van der Waals surface area contributed by atoms with Crippen LogP contribution >= 0.6 is 15.9 Å². The molecular weight excluding hydrogens is 382 g/mol. The van der Waals surface area contributed by atoms with Crippen molar-refractivity contribution in [2.75, 3.05) is 37.9 Å². The van der Waals surface area contributed by atoms with E-state index in [-0.39, 0.29) is 5.91 Å². The molecule has 0 atom stereocenters. The molecule has 1 fully saturated rings. The highest BCUT2D eigenvalue weighted by Gasteiger charge is 2.36. The summed E-state index contributed by atoms with van der Waals surface area (Å²) in [4.78, 5) is 20.9. The number of nitrogens with one attached hydrogen (secondary N) is 1. The van der Waals surface area contributed by atoms with Gasteiger partial charge in [-0.05, 0) is 30.3 Å². The quantitative estimate of drug-likeness (QED) is 0.853. The number of halogens is 1. The number of quaternary nitrogens is 1. The van der Waals surface area contributed by atoms with Crippen LogP contribution in [0.4, 0.5) is 11.4 Å². The first-order valence-corrected chi connectivity index (χ1v) is 9.18. The predicted molar refractivity (Wildman–Crippen MR) is 101 cm³/mol. The molecule has 2 aliphatic rings. The molecule has 0 aliphatic carbocycles. The molecule has 0 aromatic heterocycles. The summed E-state index contributed by atoms with van der Waals surface area (Å²) in [7, 11) is 0. The minimum Gasteiger partial charge on any atom is -0.370 e. The molecule has 6 heteroatoms. The van der Waals surface area contributed by atoms with E-state index >= 15 is 0 Å². The van der Waals surface area contributed by atoms with Crippen molar-refractivity contribution in [2.24, 2.45) is 4.99 Å². The van der Waals surface area contributed by atoms with Crippen molar-refractivity contribution in [1.82, 2.24) is 0 Å². The molecule has 0 unspecified atom stereocenters. The Balaban J connectivity index is 1.71. The molecule has 1 N–H and O–H groups in total. The summed E-state index contributed by atoms with van der Waals surface area (Å²) in [6.07, 6.45) is 0. The van der Waals surface area contributed by atoms with Crippen LogP contribution in [0.3, 0.4) is 0 Å². The van der Waals surface area contributed by atoms with Crippen molar-refractivity contribution in [2.45, 2.75) is 0 Å². The SMILES string of the molecule is O=C1C(=Nc2ccccc2)c2cc(Br)ccc2N1C[NH+]1CCOCC1. The lowest BCUT2D eigenvalue weighted by molar-refractivity contribution is -0.906. The summed E-state index contributed by atoms with van der Waals surface area (Å²) in [6, 6.07) is 15.6. The van der Waals surface area contributed by atoms with Crippen molar-refractivity contribution in [3.05, 3.63) is 58.6 Å². The van der Waals surface area contributed by atoms with Crippen LogP contribution in [0.1, 0.15) is 5.56 Å². The molecule has 0 bridgehead atoms. The maximum atomic E-state index is 13.1. The number of rotatable bonds is 3. The Labute approximate surface area is 155 Å². The molecule has 2 aromatic carbocycles. The summed E-state index contributed by atoms with van der Waals surface area (Å²) >= 11 is 3.51. The van der Waals surface area contributed by atoms with Crippen LogP contribution in [-0.2, 0) is 9.53 Å². The lowest BCUT2D eigenvalue weighted by Gasteiger charge is -2.28. The van der Waals surface area contributed by atoms with Crippen molar-refractivity contribution >= 4 is 38.9 Å². The number of fused-ring (bicyclic) bond motifs is 1. The van der Waals surface area contributed by atoms with Crippen LogP contribution in [0.5, 0.6) is 0 Å². The van der Waals surface area contributed by atoms with Gasteiger partial charge in [0.2, 0.25) is 0 Å². The fraction of sp³-hybridized carbons (Fsp3) is 0.263. The number of amides is 1. The Morgan fingerprint density at radius 1 is 1.12 bits per heavy atom. The standard InChI is InChI=1S/C19H18BrN3O2/c20-14-6-7-17-16(12-14)18(21-15-4-2-1-3-5-15)19(24)23(17)13-22-8-10-25-11-9-22/h1-7,12H,8-11,13H2/p+1. The van der Waals surface area contributed by atoms with Gasteiger partial charge in [-0.1, -0.05) is 34.1 Å². The van der Waals surface area contributed by atoms with Gasteiger partial charge in [-0.25, -0.2) is 4.99 Å². The molecule has 0 saturated carbocycles. The Morgan fingerprint density at radius 3 is 2.64 bits per heavy atom. The third kappa shape index (κ3) is 3.38. The van der Waals surface area contributed by atoms with Gasteiger partial charge in [0.25, 0.3) is 5.91 Å². The van der Waals surface area contributed by atoms with Gasteiger partial charge in [-0.2, -0.15) is 0 Å². The van der Waals surface area contributed by atoms with Crippen LogP contribution in [0.25, 0.3) is 0 Å². The van der Waals surface area contributed by atoms with E-state index in [9.17, 15) is 4.79 Å². The van der Waals surface area contributed by atoms with E-state index in [1.54, 1.807) is 0 Å². The monoisotopic (exact) mass is 400 g/mol. The van der Waals surface area contributed by atoms with Crippen LogP contribution in [0.15, 0.2) is 58.0 Å². The molecule has 5 nitrogen and oxygen atoms in total. The minimum atomic E-state index is -0.0315. The first kappa shape index (κ1) is 16.4. The first-order chi connectivity index (χ1) is 12.2. The lowest BCUT2D eigenvalue weighted by atomic mass is 10.1. The Hall–Kier alpha value is -2.02. The van der Waals surface area contributed by atoms with E-state index in [1.807, 2.05) is 53.4 Å². The third-order valence-corrected chi connectivity index (χ3v) is 5.02. The molecule has 2 heterocycles. The number of hydrogen-bond acceptors (Lipinski definition) is 3. The molecule has 2 aliphatic heterocycles. The second-order valence-corrected chi connectivity index (χ2v) is 7.13. The van der Waals surface area contributed by atoms with Gasteiger partial charge in [0.15, 0.2) is 6.67 Å². The summed E-state index contributed by atoms with van der Waals surface area (Å²) < 4.78 is 6.37. The molecule has 4 rings (SSSR count). The predicted octanol–water partition coefficient (Wildman–Crippen LogP) is 1.79. The van der Waals surface area contributed by atoms with Crippen LogP contribution in [-0.4, -0.2) is 44.6 Å². The van der Waals surface area contributed by atoms with E-state index in [0.29, 0.717) is 12.4 Å². The molecule has 128 valence electrons. The summed E-state index contributed by atoms with van der Waals surface area (Å²) in [6.45, 7) is 3.97. The molecular formula is C19H19BrN3O2+. The Morgan fingerprint density at radius 2 is 1.88 bits per heavy atom. The molecule has 0 spiro atoms. The van der Waals surface area contributed by atoms with Gasteiger partial charge in [0, 0.05) is 10.0 Å². The highest BCUT2D eigenvalue weighted by atomic mass is 79.9. The fourth-order valence-corrected chi connectivity index (χ4v) is 3.59. The van der Waals surface area contributed by atoms with E-state index in [1.165, 1.54) is 4.90 Å². The summed E-state index contributed by atoms with van der Waals surface area (Å²) in [5.74, 6) is -0.0315. The molecule has 1 amide bonds. The Kier molecular flexibility index (Phi) is 4.65. The largest absolute Gasteiger partial charge is 0.370 e. The van der Waals surface area contributed by atoms with Gasteiger partial charge in [0.1, 0.15) is 18.8 Å². The van der Waals surface area contributed by atoms with E-state index in [2.05, 4.69) is 20.9 Å². The van der Waals surface area contributed by atoms with Gasteiger partial charge in [-0.15, -0.1) is 0 Å². The van der Waals surface area contributed by atoms with Gasteiger partial charge >= 0.3 is 0 Å². The topological polar surface area (TPSA) is 46.3 Å². The zero-order valence-electron chi connectivity index (χ0n) is 13.7. The molecule has 2 aromatic rings. The number of hydrogen-bond donors (Lipinski definition) is 1. The summed E-state index contributed by atoms with van der Waals surface area (Å²) in [5.41, 5.74) is 3.12. The van der Waals surface area contributed by atoms with E-state index in [0.717, 1.165) is 47.7 Å². The van der Waals surface area contributed by atoms with Crippen molar-refractivity contribution in [3.8, 4) is 0 Å². The number of anilines is 1. The first-order valence-electron chi connectivity index (χ1n) is 8.39. The molecule has 1 saturated heterocycles. The molecule has 25 heavy (non-hydrogen) atoms. The maximum absolute atomic E-state index is 13.1. The average Bonchev–Trinajstić information content (AvgIpc) is 2.89. The normalized spacial score (nSPS) is 19.5. The van der Waals surface area contributed by atoms with Crippen LogP contribution in [0, 0.1) is 0 Å². The van der Waals surface area contributed by atoms with E-state index < -0.39 is 0 Å². The number of benzene rings is 2. The zero-order chi connectivity index (χ0) is 17.2. The van der Waals surface area contributed by atoms with Crippen molar-refractivity contribution in [1.29, 1.82) is 0 Å². The number of aliphatic imine (C=N–C) groups is 1. The molecule has 0 radical (unpaired) electrons. The fourth-order valence-electron chi connectivity index (χ4n) is 3.22. The Bertz CT molecular complexity index is 817. The highest BCUT2D eigenvalue weighted by molar-refractivity contribution is 9.10. The third-order valence-electron chi connectivity index (χ3n) is 4.53. The van der Waals surface area contributed by atoms with Crippen LogP contribution in [0.2, 0.25) is 0 Å². The minimum absolute atomic E-state index is 0.0315. The lowest BCUT2D eigenvalue weighted by Crippen LogP contribution is -3.15. The number of carbonyl (C=O) groups excluding carboxylic acids is 1. The van der Waals surface area contributed by atoms with Gasteiger partial charge in [0.05, 0.1) is 24.6 Å². The van der Waals surface area contributed by atoms with E-state index in [4.69, 9.17) is 4.74 Å². The average molecular weight is 401 g/mol. The second-order valence-electron chi connectivity index (χ2n) is 6.21.